The zero-order valence-corrected chi connectivity index (χ0v) is 18.8. The van der Waals surface area contributed by atoms with E-state index in [-0.39, 0.29) is 5.78 Å². The maximum absolute atomic E-state index is 13.1. The summed E-state index contributed by atoms with van der Waals surface area (Å²) in [5, 5.41) is 0. The quantitative estimate of drug-likeness (QED) is 0.370. The number of Topliss-reactive ketones (excluding diaryl/α,β-unsaturated/α-hetero) is 1. The minimum absolute atomic E-state index is 0.244. The summed E-state index contributed by atoms with van der Waals surface area (Å²) < 4.78 is 2.23. The highest BCUT2D eigenvalue weighted by molar-refractivity contribution is 5.99. The Balaban J connectivity index is 1.71. The first-order valence-electron chi connectivity index (χ1n) is 11.5. The molecule has 1 aromatic heterocycles. The van der Waals surface area contributed by atoms with Gasteiger partial charge in [0, 0.05) is 28.7 Å². The Morgan fingerprint density at radius 1 is 1.07 bits per heavy atom. The van der Waals surface area contributed by atoms with Crippen LogP contribution in [0.2, 0.25) is 0 Å². The molecule has 29 heavy (non-hydrogen) atoms. The third-order valence-corrected chi connectivity index (χ3v) is 6.59. The normalized spacial score (nSPS) is 15.2. The molecule has 0 atom stereocenters. The molecule has 0 aliphatic heterocycles. The van der Waals surface area contributed by atoms with E-state index in [1.807, 2.05) is 0 Å². The summed E-state index contributed by atoms with van der Waals surface area (Å²) in [6, 6.07) is 11.5. The average molecular weight is 395 g/mol. The molecule has 1 aromatic carbocycles. The number of aromatic nitrogens is 1. The molecular weight excluding hydrogens is 356 g/mol. The molecule has 1 saturated carbocycles. The number of hydrogen-bond acceptors (Lipinski definition) is 2. The fraction of sp³-hybridized carbons (Fsp3) is 0.577. The van der Waals surface area contributed by atoms with Crippen LogP contribution < -0.4 is 0 Å². The molecule has 0 spiro atoms. The van der Waals surface area contributed by atoms with Crippen LogP contribution in [0.25, 0.3) is 5.69 Å². The van der Waals surface area contributed by atoms with Crippen LogP contribution in [0.15, 0.2) is 30.3 Å². The minimum atomic E-state index is 0.244. The highest BCUT2D eigenvalue weighted by Crippen LogP contribution is 2.24. The number of carbonyl (C=O) groups excluding carboxylic acids is 1. The van der Waals surface area contributed by atoms with Gasteiger partial charge in [-0.1, -0.05) is 51.2 Å². The Bertz CT molecular complexity index is 797. The van der Waals surface area contributed by atoms with Crippen molar-refractivity contribution in [3.8, 4) is 5.69 Å². The highest BCUT2D eigenvalue weighted by Gasteiger charge is 2.23. The maximum atomic E-state index is 13.1. The van der Waals surface area contributed by atoms with Gasteiger partial charge in [-0.15, -0.1) is 0 Å². The third kappa shape index (κ3) is 5.39. The Labute approximate surface area is 177 Å². The Kier molecular flexibility index (Phi) is 7.71. The second kappa shape index (κ2) is 10.2. The van der Waals surface area contributed by atoms with Crippen molar-refractivity contribution in [2.75, 3.05) is 13.6 Å². The van der Waals surface area contributed by atoms with E-state index in [2.05, 4.69) is 67.6 Å². The van der Waals surface area contributed by atoms with Crippen LogP contribution in [0.1, 0.15) is 85.6 Å². The van der Waals surface area contributed by atoms with Crippen LogP contribution >= 0.6 is 0 Å². The number of benzene rings is 1. The molecule has 1 fully saturated rings. The van der Waals surface area contributed by atoms with Crippen LogP contribution in [-0.4, -0.2) is 34.9 Å². The van der Waals surface area contributed by atoms with E-state index in [0.717, 1.165) is 29.1 Å². The molecule has 0 N–H and O–H groups in total. The summed E-state index contributed by atoms with van der Waals surface area (Å²) in [5.41, 5.74) is 5.61. The second-order valence-electron chi connectivity index (χ2n) is 8.87. The number of carbonyl (C=O) groups is 1. The molecule has 1 heterocycles. The number of rotatable bonds is 9. The number of unbranched alkanes of at least 4 members (excludes halogenated alkanes) is 2. The molecule has 158 valence electrons. The molecule has 3 heteroatoms. The number of aryl methyl sites for hydroxylation is 2. The Hall–Kier alpha value is -1.87. The van der Waals surface area contributed by atoms with Crippen molar-refractivity contribution in [3.05, 3.63) is 52.8 Å². The Morgan fingerprint density at radius 2 is 1.76 bits per heavy atom. The predicted molar refractivity (Wildman–Crippen MR) is 122 cm³/mol. The van der Waals surface area contributed by atoms with Crippen molar-refractivity contribution in [2.24, 2.45) is 0 Å². The van der Waals surface area contributed by atoms with E-state index in [9.17, 15) is 4.79 Å². The van der Waals surface area contributed by atoms with E-state index in [4.69, 9.17) is 0 Å². The lowest BCUT2D eigenvalue weighted by molar-refractivity contribution is 0.0899. The Morgan fingerprint density at radius 3 is 2.41 bits per heavy atom. The molecule has 1 aliphatic rings. The zero-order valence-electron chi connectivity index (χ0n) is 18.8. The minimum Gasteiger partial charge on any atom is -0.318 e. The van der Waals surface area contributed by atoms with Crippen molar-refractivity contribution >= 4 is 5.78 Å². The van der Waals surface area contributed by atoms with Gasteiger partial charge >= 0.3 is 0 Å². The average Bonchev–Trinajstić information content (AvgIpc) is 3.03. The second-order valence-corrected chi connectivity index (χ2v) is 8.87. The maximum Gasteiger partial charge on any atom is 0.178 e. The number of hydrogen-bond donors (Lipinski definition) is 0. The van der Waals surface area contributed by atoms with Gasteiger partial charge in [0.1, 0.15) is 0 Å². The predicted octanol–water partition coefficient (Wildman–Crippen LogP) is 6.27. The molecule has 3 rings (SSSR count). The van der Waals surface area contributed by atoms with Crippen molar-refractivity contribution in [1.29, 1.82) is 0 Å². The largest absolute Gasteiger partial charge is 0.318 e. The summed E-state index contributed by atoms with van der Waals surface area (Å²) in [6.07, 6.45) is 11.3. The van der Waals surface area contributed by atoms with Gasteiger partial charge < -0.3 is 4.57 Å². The zero-order chi connectivity index (χ0) is 20.8. The van der Waals surface area contributed by atoms with Crippen molar-refractivity contribution in [3.63, 3.8) is 0 Å². The monoisotopic (exact) mass is 394 g/mol. The topological polar surface area (TPSA) is 25.2 Å². The van der Waals surface area contributed by atoms with E-state index >= 15 is 0 Å². The molecule has 0 amide bonds. The molecule has 0 bridgehead atoms. The smallest absolute Gasteiger partial charge is 0.178 e. The number of nitrogens with zero attached hydrogens (tertiary/aromatic N) is 2. The summed E-state index contributed by atoms with van der Waals surface area (Å²) >= 11 is 0. The SMILES string of the molecule is CCCCCc1ccc(-n2c(C)cc(C(=O)CN(C)C3CCCCC3)c2C)cc1. The number of likely N-dealkylation sites (N-methyl/N-ethyl adjacent to an activating group) is 1. The van der Waals surface area contributed by atoms with E-state index in [1.54, 1.807) is 0 Å². The van der Waals surface area contributed by atoms with Gasteiger partial charge in [-0.05, 0) is 70.3 Å². The van der Waals surface area contributed by atoms with Gasteiger partial charge in [0.05, 0.1) is 6.54 Å². The summed E-state index contributed by atoms with van der Waals surface area (Å²) in [5.74, 6) is 0.244. The highest BCUT2D eigenvalue weighted by atomic mass is 16.1. The van der Waals surface area contributed by atoms with E-state index in [0.29, 0.717) is 12.6 Å². The van der Waals surface area contributed by atoms with Gasteiger partial charge in [0.15, 0.2) is 5.78 Å². The van der Waals surface area contributed by atoms with Gasteiger partial charge in [-0.25, -0.2) is 0 Å². The van der Waals surface area contributed by atoms with Crippen molar-refractivity contribution < 1.29 is 4.79 Å². The van der Waals surface area contributed by atoms with Crippen LogP contribution in [0, 0.1) is 13.8 Å². The van der Waals surface area contributed by atoms with Gasteiger partial charge in [-0.2, -0.15) is 0 Å². The van der Waals surface area contributed by atoms with Gasteiger partial charge in [0.2, 0.25) is 0 Å². The standard InChI is InChI=1S/C26H38N2O/c1-5-6-8-11-22-14-16-24(17-15-22)28-20(2)18-25(21(28)3)26(29)19-27(4)23-12-9-7-10-13-23/h14-18,23H,5-13,19H2,1-4H3. The van der Waals surface area contributed by atoms with E-state index in [1.165, 1.54) is 56.9 Å². The summed E-state index contributed by atoms with van der Waals surface area (Å²) in [4.78, 5) is 15.3. The molecule has 0 unspecified atom stereocenters. The lowest BCUT2D eigenvalue weighted by Crippen LogP contribution is -2.37. The summed E-state index contributed by atoms with van der Waals surface area (Å²) in [6.45, 7) is 6.94. The summed E-state index contributed by atoms with van der Waals surface area (Å²) in [7, 11) is 2.12. The first-order valence-corrected chi connectivity index (χ1v) is 11.5. The first-order chi connectivity index (χ1) is 14.0. The van der Waals surface area contributed by atoms with Crippen LogP contribution in [0.4, 0.5) is 0 Å². The third-order valence-electron chi connectivity index (χ3n) is 6.59. The molecule has 2 aromatic rings. The van der Waals surface area contributed by atoms with Gasteiger partial charge in [-0.3, -0.25) is 9.69 Å². The van der Waals surface area contributed by atoms with Crippen LogP contribution in [0.5, 0.6) is 0 Å². The fourth-order valence-corrected chi connectivity index (χ4v) is 4.80. The van der Waals surface area contributed by atoms with Crippen molar-refractivity contribution in [1.82, 2.24) is 9.47 Å². The molecular formula is C26H38N2O. The molecule has 3 nitrogen and oxygen atoms in total. The first kappa shape index (κ1) is 21.8. The molecule has 1 aliphatic carbocycles. The molecule has 0 radical (unpaired) electrons. The number of ketones is 1. The van der Waals surface area contributed by atoms with Crippen molar-refractivity contribution in [2.45, 2.75) is 84.6 Å². The molecule has 0 saturated heterocycles. The fourth-order valence-electron chi connectivity index (χ4n) is 4.80. The van der Waals surface area contributed by atoms with Crippen LogP contribution in [-0.2, 0) is 6.42 Å². The van der Waals surface area contributed by atoms with Crippen LogP contribution in [0.3, 0.4) is 0 Å². The lowest BCUT2D eigenvalue weighted by Gasteiger charge is -2.30. The lowest BCUT2D eigenvalue weighted by atomic mass is 9.94. The van der Waals surface area contributed by atoms with E-state index < -0.39 is 0 Å². The van der Waals surface area contributed by atoms with Gasteiger partial charge in [0.25, 0.3) is 0 Å².